The van der Waals surface area contributed by atoms with Crippen molar-refractivity contribution < 1.29 is 0 Å². The van der Waals surface area contributed by atoms with Crippen LogP contribution < -0.4 is 5.32 Å². The number of rotatable bonds is 3. The maximum Gasteiger partial charge on any atom is 0.0384 e. The maximum absolute atomic E-state index is 3.43. The highest BCUT2D eigenvalue weighted by Crippen LogP contribution is 2.25. The molecule has 0 fully saturated rings. The number of hydrogen-bond acceptors (Lipinski definition) is 1. The summed E-state index contributed by atoms with van der Waals surface area (Å²) in [5.41, 5.74) is 5.22. The fourth-order valence-corrected chi connectivity index (χ4v) is 2.04. The Hall–Kier alpha value is -1.76. The molecule has 2 aromatic rings. The molecule has 0 heterocycles. The van der Waals surface area contributed by atoms with Gasteiger partial charge in [-0.15, -0.1) is 0 Å². The first kappa shape index (κ1) is 13.7. The molecule has 1 N–H and O–H groups in total. The second-order valence-corrected chi connectivity index (χ2v) is 6.00. The van der Waals surface area contributed by atoms with Gasteiger partial charge in [-0.25, -0.2) is 0 Å². The van der Waals surface area contributed by atoms with E-state index in [9.17, 15) is 0 Å². The molecule has 2 aromatic carbocycles. The number of aryl methyl sites for hydroxylation is 1. The van der Waals surface area contributed by atoms with E-state index in [0.29, 0.717) is 0 Å². The van der Waals surface area contributed by atoms with Crippen LogP contribution in [0.5, 0.6) is 0 Å². The Morgan fingerprint density at radius 3 is 1.68 bits per heavy atom. The minimum absolute atomic E-state index is 0.210. The van der Waals surface area contributed by atoms with Crippen LogP contribution in [0.2, 0.25) is 0 Å². The average molecular weight is 253 g/mol. The molecule has 0 aromatic heterocycles. The van der Waals surface area contributed by atoms with Gasteiger partial charge < -0.3 is 5.32 Å². The lowest BCUT2D eigenvalue weighted by Crippen LogP contribution is -2.10. The highest BCUT2D eigenvalue weighted by atomic mass is 14.9. The van der Waals surface area contributed by atoms with Crippen LogP contribution >= 0.6 is 0 Å². The monoisotopic (exact) mass is 253 g/mol. The normalized spacial score (nSPS) is 11.4. The van der Waals surface area contributed by atoms with Crippen molar-refractivity contribution in [2.45, 2.75) is 39.5 Å². The second kappa shape index (κ2) is 5.48. The lowest BCUT2D eigenvalue weighted by atomic mass is 9.87. The van der Waals surface area contributed by atoms with Gasteiger partial charge in [-0.1, -0.05) is 52.0 Å². The van der Waals surface area contributed by atoms with Crippen LogP contribution in [-0.2, 0) is 11.8 Å². The zero-order valence-corrected chi connectivity index (χ0v) is 12.3. The molecule has 100 valence electrons. The smallest absolute Gasteiger partial charge is 0.0384 e. The summed E-state index contributed by atoms with van der Waals surface area (Å²) < 4.78 is 0. The van der Waals surface area contributed by atoms with Crippen LogP contribution in [0.3, 0.4) is 0 Å². The van der Waals surface area contributed by atoms with Crippen molar-refractivity contribution in [3.63, 3.8) is 0 Å². The van der Waals surface area contributed by atoms with Crippen LogP contribution in [0, 0.1) is 0 Å². The molecule has 0 aliphatic rings. The first-order valence-corrected chi connectivity index (χ1v) is 6.95. The van der Waals surface area contributed by atoms with E-state index in [-0.39, 0.29) is 5.41 Å². The van der Waals surface area contributed by atoms with Crippen molar-refractivity contribution in [2.75, 3.05) is 5.32 Å². The summed E-state index contributed by atoms with van der Waals surface area (Å²) >= 11 is 0. The molecule has 1 nitrogen and oxygen atoms in total. The summed E-state index contributed by atoms with van der Waals surface area (Å²) in [5, 5.41) is 3.43. The Labute approximate surface area is 116 Å². The molecule has 19 heavy (non-hydrogen) atoms. The molecule has 0 saturated heterocycles. The van der Waals surface area contributed by atoms with Gasteiger partial charge in [-0.3, -0.25) is 0 Å². The van der Waals surface area contributed by atoms with Crippen LogP contribution in [-0.4, -0.2) is 0 Å². The van der Waals surface area contributed by atoms with Gasteiger partial charge in [0.1, 0.15) is 0 Å². The van der Waals surface area contributed by atoms with Gasteiger partial charge >= 0.3 is 0 Å². The Morgan fingerprint density at radius 1 is 0.789 bits per heavy atom. The van der Waals surface area contributed by atoms with Gasteiger partial charge in [0.05, 0.1) is 0 Å². The Bertz CT molecular complexity index is 515. The molecule has 0 radical (unpaired) electrons. The standard InChI is InChI=1S/C18H23N/c1-5-14-6-10-16(11-7-14)19-17-12-8-15(9-13-17)18(2,3)4/h6-13,19H,5H2,1-4H3. The van der Waals surface area contributed by atoms with Crippen LogP contribution in [0.25, 0.3) is 0 Å². The summed E-state index contributed by atoms with van der Waals surface area (Å²) in [6.07, 6.45) is 1.08. The lowest BCUT2D eigenvalue weighted by Gasteiger charge is -2.19. The Kier molecular flexibility index (Phi) is 3.94. The molecule has 0 amide bonds. The minimum Gasteiger partial charge on any atom is -0.356 e. The topological polar surface area (TPSA) is 12.0 Å². The van der Waals surface area contributed by atoms with Gasteiger partial charge in [0, 0.05) is 11.4 Å². The number of benzene rings is 2. The first-order valence-electron chi connectivity index (χ1n) is 6.95. The molecule has 2 rings (SSSR count). The molecule has 0 aliphatic heterocycles. The van der Waals surface area contributed by atoms with Crippen molar-refractivity contribution in [2.24, 2.45) is 0 Å². The highest BCUT2D eigenvalue weighted by Gasteiger charge is 2.12. The molecule has 1 heteroatoms. The molecule has 0 spiro atoms. The van der Waals surface area contributed by atoms with Crippen LogP contribution in [0.4, 0.5) is 11.4 Å². The molecular weight excluding hydrogens is 230 g/mol. The van der Waals surface area contributed by atoms with E-state index in [1.807, 2.05) is 0 Å². The minimum atomic E-state index is 0.210. The lowest BCUT2D eigenvalue weighted by molar-refractivity contribution is 0.590. The van der Waals surface area contributed by atoms with E-state index in [0.717, 1.165) is 17.8 Å². The number of anilines is 2. The fourth-order valence-electron chi connectivity index (χ4n) is 2.04. The van der Waals surface area contributed by atoms with Crippen molar-refractivity contribution in [1.29, 1.82) is 0 Å². The molecular formula is C18H23N. The van der Waals surface area contributed by atoms with Crippen molar-refractivity contribution in [3.05, 3.63) is 59.7 Å². The predicted octanol–water partition coefficient (Wildman–Crippen LogP) is 5.29. The van der Waals surface area contributed by atoms with Crippen molar-refractivity contribution in [1.82, 2.24) is 0 Å². The third-order valence-corrected chi connectivity index (χ3v) is 3.40. The summed E-state index contributed by atoms with van der Waals surface area (Å²) in [7, 11) is 0. The van der Waals surface area contributed by atoms with E-state index in [1.165, 1.54) is 11.1 Å². The van der Waals surface area contributed by atoms with Crippen molar-refractivity contribution >= 4 is 11.4 Å². The van der Waals surface area contributed by atoms with Gasteiger partial charge in [0.15, 0.2) is 0 Å². The molecule has 0 unspecified atom stereocenters. The molecule has 0 aliphatic carbocycles. The zero-order chi connectivity index (χ0) is 13.9. The molecule has 0 bridgehead atoms. The van der Waals surface area contributed by atoms with E-state index in [2.05, 4.69) is 81.5 Å². The van der Waals surface area contributed by atoms with E-state index in [4.69, 9.17) is 0 Å². The van der Waals surface area contributed by atoms with Gasteiger partial charge in [-0.05, 0) is 47.2 Å². The Balaban J connectivity index is 2.10. The number of hydrogen-bond donors (Lipinski definition) is 1. The number of nitrogens with one attached hydrogen (secondary N) is 1. The van der Waals surface area contributed by atoms with E-state index in [1.54, 1.807) is 0 Å². The molecule has 0 saturated carbocycles. The quantitative estimate of drug-likeness (QED) is 0.783. The highest BCUT2D eigenvalue weighted by molar-refractivity contribution is 5.60. The first-order chi connectivity index (χ1) is 8.99. The van der Waals surface area contributed by atoms with Crippen LogP contribution in [0.15, 0.2) is 48.5 Å². The third kappa shape index (κ3) is 3.60. The molecule has 0 atom stereocenters. The summed E-state index contributed by atoms with van der Waals surface area (Å²) in [4.78, 5) is 0. The van der Waals surface area contributed by atoms with Gasteiger partial charge in [-0.2, -0.15) is 0 Å². The zero-order valence-electron chi connectivity index (χ0n) is 12.3. The van der Waals surface area contributed by atoms with E-state index < -0.39 is 0 Å². The fraction of sp³-hybridized carbons (Fsp3) is 0.333. The predicted molar refractivity (Wildman–Crippen MR) is 84.2 cm³/mol. The maximum atomic E-state index is 3.43. The summed E-state index contributed by atoms with van der Waals surface area (Å²) in [5.74, 6) is 0. The van der Waals surface area contributed by atoms with Crippen LogP contribution in [0.1, 0.15) is 38.8 Å². The van der Waals surface area contributed by atoms with Gasteiger partial charge in [0.25, 0.3) is 0 Å². The summed E-state index contributed by atoms with van der Waals surface area (Å²) in [6.45, 7) is 8.88. The van der Waals surface area contributed by atoms with Crippen molar-refractivity contribution in [3.8, 4) is 0 Å². The largest absolute Gasteiger partial charge is 0.356 e. The second-order valence-electron chi connectivity index (χ2n) is 6.00. The third-order valence-electron chi connectivity index (χ3n) is 3.40. The Morgan fingerprint density at radius 2 is 1.26 bits per heavy atom. The van der Waals surface area contributed by atoms with Gasteiger partial charge in [0.2, 0.25) is 0 Å². The SMILES string of the molecule is CCc1ccc(Nc2ccc(C(C)(C)C)cc2)cc1. The summed E-state index contributed by atoms with van der Waals surface area (Å²) in [6, 6.07) is 17.3. The average Bonchev–Trinajstić information content (AvgIpc) is 2.39. The van der Waals surface area contributed by atoms with E-state index >= 15 is 0 Å².